The Morgan fingerprint density at radius 1 is 1.12 bits per heavy atom. The first-order valence-corrected chi connectivity index (χ1v) is 13.4. The highest BCUT2D eigenvalue weighted by molar-refractivity contribution is 6.01. The van der Waals surface area contributed by atoms with Crippen molar-refractivity contribution in [3.63, 3.8) is 0 Å². The van der Waals surface area contributed by atoms with Crippen LogP contribution in [-0.4, -0.2) is 17.8 Å². The fraction of sp³-hybridized carbons (Fsp3) is 0.250. The van der Waals surface area contributed by atoms with Gasteiger partial charge in [0, 0.05) is 17.7 Å². The molecule has 1 heterocycles. The highest BCUT2D eigenvalue weighted by atomic mass is 19.1. The number of hydrogen-bond acceptors (Lipinski definition) is 8. The van der Waals surface area contributed by atoms with Crippen LogP contribution in [0.1, 0.15) is 47.4 Å². The van der Waals surface area contributed by atoms with E-state index in [1.165, 1.54) is 11.0 Å². The number of benzene rings is 3. The fourth-order valence-electron chi connectivity index (χ4n) is 5.75. The summed E-state index contributed by atoms with van der Waals surface area (Å²) in [5, 5.41) is 22.3. The van der Waals surface area contributed by atoms with Crippen LogP contribution in [0.15, 0.2) is 77.3 Å². The van der Waals surface area contributed by atoms with Gasteiger partial charge in [-0.2, -0.15) is 5.26 Å². The number of nitro benzene ring substituents is 1. The molecule has 3 aromatic carbocycles. The summed E-state index contributed by atoms with van der Waals surface area (Å²) in [7, 11) is 1.59. The van der Waals surface area contributed by atoms with Crippen LogP contribution in [0, 0.1) is 41.1 Å². The molecule has 0 bridgehead atoms. The molecule has 5 rings (SSSR count). The van der Waals surface area contributed by atoms with Crippen molar-refractivity contribution < 1.29 is 23.6 Å². The third kappa shape index (κ3) is 5.05. The standard InChI is InChI=1S/C32H29FN4O5/c1-18-13-20(17-42-23-10-8-22(41-3)9-11-23)19(2)24(14-18)30-25(16-34)32(35)36(27-5-4-6-29(38)31(27)30)26-12-7-21(33)15-28(26)37(39)40/h7-15,30H,4-6,17,35H2,1-3H3. The lowest BCUT2D eigenvalue weighted by Crippen LogP contribution is -2.39. The topological polar surface area (TPSA) is 132 Å². The number of hydrogen-bond donors (Lipinski definition) is 1. The zero-order valence-electron chi connectivity index (χ0n) is 23.4. The second-order valence-corrected chi connectivity index (χ2v) is 10.3. The maximum absolute atomic E-state index is 14.0. The van der Waals surface area contributed by atoms with Crippen LogP contribution in [0.5, 0.6) is 11.5 Å². The van der Waals surface area contributed by atoms with Crippen LogP contribution in [0.4, 0.5) is 15.8 Å². The lowest BCUT2D eigenvalue weighted by molar-refractivity contribution is -0.384. The molecular weight excluding hydrogens is 539 g/mol. The van der Waals surface area contributed by atoms with Gasteiger partial charge in [0.25, 0.3) is 5.69 Å². The molecule has 1 aliphatic heterocycles. The van der Waals surface area contributed by atoms with Crippen LogP contribution in [0.2, 0.25) is 0 Å². The highest BCUT2D eigenvalue weighted by Gasteiger charge is 2.42. The minimum absolute atomic E-state index is 0.00171. The first kappa shape index (κ1) is 28.4. The number of nitriles is 1. The molecule has 0 saturated heterocycles. The predicted molar refractivity (Wildman–Crippen MR) is 154 cm³/mol. The second kappa shape index (κ2) is 11.4. The average molecular weight is 569 g/mol. The molecule has 2 aliphatic rings. The largest absolute Gasteiger partial charge is 0.497 e. The van der Waals surface area contributed by atoms with Gasteiger partial charge in [-0.05, 0) is 79.8 Å². The lowest BCUT2D eigenvalue weighted by Gasteiger charge is -2.39. The van der Waals surface area contributed by atoms with E-state index in [1.54, 1.807) is 19.2 Å². The SMILES string of the molecule is COc1ccc(OCc2cc(C)cc(C3C(C#N)=C(N)N(c4ccc(F)cc4[N+](=O)[O-])C4=C3C(=O)CCC4)c2C)cc1. The Labute approximate surface area is 242 Å². The van der Waals surface area contributed by atoms with E-state index in [4.69, 9.17) is 15.2 Å². The Hall–Kier alpha value is -5.17. The van der Waals surface area contributed by atoms with Gasteiger partial charge >= 0.3 is 0 Å². The number of allylic oxidation sites excluding steroid dienone is 3. The molecule has 0 saturated carbocycles. The van der Waals surface area contributed by atoms with E-state index in [0.717, 1.165) is 34.4 Å². The van der Waals surface area contributed by atoms with Gasteiger partial charge in [-0.15, -0.1) is 0 Å². The van der Waals surface area contributed by atoms with Gasteiger partial charge in [0.05, 0.1) is 35.7 Å². The molecule has 0 radical (unpaired) electrons. The predicted octanol–water partition coefficient (Wildman–Crippen LogP) is 6.24. The van der Waals surface area contributed by atoms with Gasteiger partial charge in [-0.1, -0.05) is 17.7 Å². The molecule has 10 heteroatoms. The zero-order chi connectivity index (χ0) is 30.1. The molecular formula is C32H29FN4O5. The van der Waals surface area contributed by atoms with Crippen LogP contribution in [0.3, 0.4) is 0 Å². The van der Waals surface area contributed by atoms with E-state index in [2.05, 4.69) is 6.07 Å². The van der Waals surface area contributed by atoms with E-state index in [9.17, 15) is 24.6 Å². The minimum atomic E-state index is -0.780. The number of carbonyl (C=O) groups is 1. The smallest absolute Gasteiger partial charge is 0.296 e. The molecule has 3 aromatic rings. The number of Topliss-reactive ketones (excluding diaryl/α,β-unsaturated/α-hetero) is 1. The van der Waals surface area contributed by atoms with Crippen molar-refractivity contribution in [2.45, 2.75) is 45.6 Å². The van der Waals surface area contributed by atoms with Gasteiger partial charge in [0.15, 0.2) is 5.78 Å². The number of ether oxygens (including phenoxy) is 2. The maximum atomic E-state index is 14.0. The van der Waals surface area contributed by atoms with E-state index in [-0.39, 0.29) is 35.9 Å². The molecule has 214 valence electrons. The van der Waals surface area contributed by atoms with Gasteiger partial charge in [0.1, 0.15) is 35.4 Å². The summed E-state index contributed by atoms with van der Waals surface area (Å²) >= 11 is 0. The molecule has 1 aliphatic carbocycles. The molecule has 1 unspecified atom stereocenters. The van der Waals surface area contributed by atoms with Crippen molar-refractivity contribution in [2.75, 3.05) is 12.0 Å². The van der Waals surface area contributed by atoms with E-state index >= 15 is 0 Å². The number of rotatable bonds is 7. The number of halogens is 1. The normalized spacial score (nSPS) is 16.7. The van der Waals surface area contributed by atoms with Crippen LogP contribution in [-0.2, 0) is 11.4 Å². The molecule has 9 nitrogen and oxygen atoms in total. The van der Waals surface area contributed by atoms with Crippen molar-refractivity contribution in [1.82, 2.24) is 0 Å². The first-order chi connectivity index (χ1) is 20.1. The van der Waals surface area contributed by atoms with E-state index in [1.807, 2.05) is 38.1 Å². The van der Waals surface area contributed by atoms with Crippen LogP contribution in [0.25, 0.3) is 0 Å². The van der Waals surface area contributed by atoms with E-state index < -0.39 is 22.3 Å². The summed E-state index contributed by atoms with van der Waals surface area (Å²) < 4.78 is 25.3. The third-order valence-corrected chi connectivity index (χ3v) is 7.75. The second-order valence-electron chi connectivity index (χ2n) is 10.3. The van der Waals surface area contributed by atoms with Gasteiger partial charge in [-0.25, -0.2) is 4.39 Å². The van der Waals surface area contributed by atoms with Crippen LogP contribution >= 0.6 is 0 Å². The van der Waals surface area contributed by atoms with Gasteiger partial charge in [-0.3, -0.25) is 19.8 Å². The number of ketones is 1. The third-order valence-electron chi connectivity index (χ3n) is 7.75. The fourth-order valence-corrected chi connectivity index (χ4v) is 5.75. The van der Waals surface area contributed by atoms with Crippen LogP contribution < -0.4 is 20.1 Å². The van der Waals surface area contributed by atoms with E-state index in [0.29, 0.717) is 35.6 Å². The summed E-state index contributed by atoms with van der Waals surface area (Å²) in [5.41, 5.74) is 10.4. The number of aryl methyl sites for hydroxylation is 1. The molecule has 42 heavy (non-hydrogen) atoms. The monoisotopic (exact) mass is 568 g/mol. The summed E-state index contributed by atoms with van der Waals surface area (Å²) in [6, 6.07) is 16.5. The Balaban J connectivity index is 1.64. The molecule has 0 spiro atoms. The number of anilines is 1. The number of methoxy groups -OCH3 is 1. The maximum Gasteiger partial charge on any atom is 0.296 e. The van der Waals surface area contributed by atoms with Gasteiger partial charge in [0.2, 0.25) is 0 Å². The summed E-state index contributed by atoms with van der Waals surface area (Å²) in [6.45, 7) is 4.08. The van der Waals surface area contributed by atoms with Crippen molar-refractivity contribution >= 4 is 17.2 Å². The number of nitrogens with zero attached hydrogens (tertiary/aromatic N) is 3. The first-order valence-electron chi connectivity index (χ1n) is 13.4. The minimum Gasteiger partial charge on any atom is -0.497 e. The Kier molecular flexibility index (Phi) is 7.68. The lowest BCUT2D eigenvalue weighted by atomic mass is 9.73. The molecule has 1 atom stereocenters. The Morgan fingerprint density at radius 2 is 1.83 bits per heavy atom. The molecule has 0 fully saturated rings. The van der Waals surface area contributed by atoms with Crippen molar-refractivity contribution in [1.29, 1.82) is 5.26 Å². The van der Waals surface area contributed by atoms with Crippen molar-refractivity contribution in [2.24, 2.45) is 5.73 Å². The number of nitrogens with two attached hydrogens (primary N) is 1. The van der Waals surface area contributed by atoms with Gasteiger partial charge < -0.3 is 15.2 Å². The molecule has 0 amide bonds. The highest BCUT2D eigenvalue weighted by Crippen LogP contribution is 2.49. The quantitative estimate of drug-likeness (QED) is 0.262. The molecule has 0 aromatic heterocycles. The molecule has 2 N–H and O–H groups in total. The summed E-state index contributed by atoms with van der Waals surface area (Å²) in [5.74, 6) is -0.369. The summed E-state index contributed by atoms with van der Waals surface area (Å²) in [4.78, 5) is 26.2. The average Bonchev–Trinajstić information content (AvgIpc) is 2.97. The Bertz CT molecular complexity index is 1700. The van der Waals surface area contributed by atoms with Crippen molar-refractivity contribution in [3.05, 3.63) is 115 Å². The number of nitro groups is 1. The zero-order valence-corrected chi connectivity index (χ0v) is 23.4. The summed E-state index contributed by atoms with van der Waals surface area (Å²) in [6.07, 6.45) is 1.19. The number of carbonyl (C=O) groups excluding carboxylic acids is 1. The van der Waals surface area contributed by atoms with Crippen molar-refractivity contribution in [3.8, 4) is 17.6 Å². The Morgan fingerprint density at radius 3 is 2.50 bits per heavy atom.